The van der Waals surface area contributed by atoms with Crippen molar-refractivity contribution in [1.82, 2.24) is 25.3 Å². The van der Waals surface area contributed by atoms with E-state index in [1.165, 1.54) is 6.07 Å². The first-order chi connectivity index (χ1) is 18.7. The number of ether oxygens (including phenoxy) is 1. The number of para-hydroxylation sites is 1. The molecule has 2 atom stereocenters. The smallest absolute Gasteiger partial charge is 0.270 e. The van der Waals surface area contributed by atoms with E-state index in [1.54, 1.807) is 29.1 Å². The maximum atomic E-state index is 14.6. The van der Waals surface area contributed by atoms with Crippen molar-refractivity contribution in [1.29, 1.82) is 0 Å². The van der Waals surface area contributed by atoms with Gasteiger partial charge in [-0.3, -0.25) is 19.4 Å². The topological polar surface area (TPSA) is 114 Å². The number of amides is 2. The Balaban J connectivity index is 1.44. The fraction of sp³-hybridized carbons (Fsp3) is 0.310. The number of hydrogen-bond acceptors (Lipinski definition) is 5. The van der Waals surface area contributed by atoms with E-state index < -0.39 is 29.6 Å². The van der Waals surface area contributed by atoms with Gasteiger partial charge in [-0.15, -0.1) is 0 Å². The SMILES string of the molecule is Cc1n[nH]c(C)c1-c1ccc(NC(=O)[C@@H](NC(=O)c2ccnn2C(C)C)[C@H]2CCOc3c(F)cccc32)cc1. The van der Waals surface area contributed by atoms with Crippen molar-refractivity contribution in [3.8, 4) is 16.9 Å². The second-order valence-corrected chi connectivity index (χ2v) is 9.98. The Kier molecular flexibility index (Phi) is 7.19. The number of aryl methyl sites for hydroxylation is 2. The van der Waals surface area contributed by atoms with Crippen LogP contribution in [0.2, 0.25) is 0 Å². The van der Waals surface area contributed by atoms with Gasteiger partial charge < -0.3 is 15.4 Å². The third-order valence-electron chi connectivity index (χ3n) is 7.00. The molecule has 2 aromatic carbocycles. The van der Waals surface area contributed by atoms with Gasteiger partial charge in [0.1, 0.15) is 11.7 Å². The molecule has 39 heavy (non-hydrogen) atoms. The van der Waals surface area contributed by atoms with Gasteiger partial charge in [0.25, 0.3) is 5.91 Å². The minimum Gasteiger partial charge on any atom is -0.490 e. The molecule has 3 heterocycles. The fourth-order valence-electron chi connectivity index (χ4n) is 5.15. The van der Waals surface area contributed by atoms with E-state index in [4.69, 9.17) is 4.74 Å². The number of nitrogens with zero attached hydrogens (tertiary/aromatic N) is 3. The zero-order valence-electron chi connectivity index (χ0n) is 22.3. The van der Waals surface area contributed by atoms with Crippen LogP contribution < -0.4 is 15.4 Å². The van der Waals surface area contributed by atoms with Crippen LogP contribution in [0, 0.1) is 19.7 Å². The molecule has 0 aliphatic carbocycles. The number of halogens is 1. The summed E-state index contributed by atoms with van der Waals surface area (Å²) in [6.07, 6.45) is 1.98. The number of nitrogens with one attached hydrogen (secondary N) is 3. The predicted octanol–water partition coefficient (Wildman–Crippen LogP) is 4.91. The van der Waals surface area contributed by atoms with Gasteiger partial charge in [0.2, 0.25) is 5.91 Å². The van der Waals surface area contributed by atoms with Crippen LogP contribution in [-0.4, -0.2) is 44.4 Å². The lowest BCUT2D eigenvalue weighted by atomic mass is 9.85. The number of benzene rings is 2. The zero-order chi connectivity index (χ0) is 27.7. The molecule has 10 heteroatoms. The van der Waals surface area contributed by atoms with E-state index in [1.807, 2.05) is 52.0 Å². The molecule has 0 spiro atoms. The molecule has 4 aromatic rings. The summed E-state index contributed by atoms with van der Waals surface area (Å²) >= 11 is 0. The third kappa shape index (κ3) is 5.14. The van der Waals surface area contributed by atoms with E-state index in [0.717, 1.165) is 22.5 Å². The Labute approximate surface area is 225 Å². The van der Waals surface area contributed by atoms with E-state index in [0.29, 0.717) is 23.4 Å². The predicted molar refractivity (Wildman–Crippen MR) is 145 cm³/mol. The Morgan fingerprint density at radius 3 is 2.59 bits per heavy atom. The Hall–Kier alpha value is -4.47. The first-order valence-electron chi connectivity index (χ1n) is 12.9. The number of H-pyrrole nitrogens is 1. The molecule has 0 radical (unpaired) electrons. The molecule has 2 amide bonds. The average molecular weight is 531 g/mol. The molecule has 0 saturated carbocycles. The number of carbonyl (C=O) groups excluding carboxylic acids is 2. The lowest BCUT2D eigenvalue weighted by Gasteiger charge is -2.32. The second-order valence-electron chi connectivity index (χ2n) is 9.98. The van der Waals surface area contributed by atoms with Gasteiger partial charge in [0.15, 0.2) is 11.6 Å². The largest absolute Gasteiger partial charge is 0.490 e. The van der Waals surface area contributed by atoms with Crippen molar-refractivity contribution in [2.75, 3.05) is 11.9 Å². The highest BCUT2D eigenvalue weighted by atomic mass is 19.1. The molecule has 1 aliphatic heterocycles. The van der Waals surface area contributed by atoms with Crippen LogP contribution in [0.15, 0.2) is 54.7 Å². The molecule has 0 bridgehead atoms. The van der Waals surface area contributed by atoms with Crippen molar-refractivity contribution >= 4 is 17.5 Å². The van der Waals surface area contributed by atoms with Crippen molar-refractivity contribution in [3.63, 3.8) is 0 Å². The van der Waals surface area contributed by atoms with Crippen molar-refractivity contribution in [2.45, 2.75) is 52.1 Å². The quantitative estimate of drug-likeness (QED) is 0.314. The number of aromatic amines is 1. The molecule has 0 fully saturated rings. The molecular weight excluding hydrogens is 499 g/mol. The lowest BCUT2D eigenvalue weighted by Crippen LogP contribution is -2.49. The summed E-state index contributed by atoms with van der Waals surface area (Å²) in [5.41, 5.74) is 5.28. The van der Waals surface area contributed by atoms with E-state index in [-0.39, 0.29) is 18.4 Å². The number of anilines is 1. The van der Waals surface area contributed by atoms with Gasteiger partial charge in [-0.05, 0) is 63.9 Å². The summed E-state index contributed by atoms with van der Waals surface area (Å²) in [4.78, 5) is 27.1. The Morgan fingerprint density at radius 2 is 1.90 bits per heavy atom. The van der Waals surface area contributed by atoms with Gasteiger partial charge in [0, 0.05) is 40.7 Å². The number of rotatable bonds is 7. The van der Waals surface area contributed by atoms with Crippen LogP contribution >= 0.6 is 0 Å². The first kappa shape index (κ1) is 26.1. The van der Waals surface area contributed by atoms with E-state index in [9.17, 15) is 14.0 Å². The van der Waals surface area contributed by atoms with Crippen LogP contribution in [0.4, 0.5) is 10.1 Å². The molecule has 1 aliphatic rings. The Morgan fingerprint density at radius 1 is 1.13 bits per heavy atom. The molecule has 5 rings (SSSR count). The minimum atomic E-state index is -0.990. The van der Waals surface area contributed by atoms with Gasteiger partial charge in [-0.25, -0.2) is 4.39 Å². The number of aromatic nitrogens is 4. The summed E-state index contributed by atoms with van der Waals surface area (Å²) in [5, 5.41) is 17.3. The van der Waals surface area contributed by atoms with Crippen LogP contribution in [-0.2, 0) is 4.79 Å². The van der Waals surface area contributed by atoms with Crippen LogP contribution in [0.5, 0.6) is 5.75 Å². The molecule has 0 saturated heterocycles. The average Bonchev–Trinajstić information content (AvgIpc) is 3.55. The molecule has 202 valence electrons. The normalized spacial score (nSPS) is 15.4. The summed E-state index contributed by atoms with van der Waals surface area (Å²) in [5.74, 6) is -1.74. The van der Waals surface area contributed by atoms with Gasteiger partial charge >= 0.3 is 0 Å². The maximum absolute atomic E-state index is 14.6. The van der Waals surface area contributed by atoms with Crippen molar-refractivity contribution < 1.29 is 18.7 Å². The lowest BCUT2D eigenvalue weighted by molar-refractivity contribution is -0.118. The van der Waals surface area contributed by atoms with Crippen LogP contribution in [0.25, 0.3) is 11.1 Å². The van der Waals surface area contributed by atoms with Crippen molar-refractivity contribution in [2.24, 2.45) is 0 Å². The molecule has 2 aromatic heterocycles. The summed E-state index contributed by atoms with van der Waals surface area (Å²) in [6, 6.07) is 12.6. The van der Waals surface area contributed by atoms with Crippen LogP contribution in [0.1, 0.15) is 59.7 Å². The highest BCUT2D eigenvalue weighted by Gasteiger charge is 2.36. The van der Waals surface area contributed by atoms with Gasteiger partial charge in [0.05, 0.1) is 12.3 Å². The maximum Gasteiger partial charge on any atom is 0.270 e. The number of carbonyl (C=O) groups is 2. The Bertz CT molecular complexity index is 1490. The third-order valence-corrected chi connectivity index (χ3v) is 7.00. The number of hydrogen-bond donors (Lipinski definition) is 3. The van der Waals surface area contributed by atoms with E-state index >= 15 is 0 Å². The van der Waals surface area contributed by atoms with Gasteiger partial charge in [-0.2, -0.15) is 10.2 Å². The molecule has 9 nitrogen and oxygen atoms in total. The number of fused-ring (bicyclic) bond motifs is 1. The summed E-state index contributed by atoms with van der Waals surface area (Å²) in [6.45, 7) is 7.95. The standard InChI is InChI=1S/C29H31FN6O3/c1-16(2)36-24(12-14-31-36)28(37)33-26(21-13-15-39-27-22(21)6-5-7-23(27)30)29(38)32-20-10-8-19(9-11-20)25-17(3)34-35-18(25)4/h5-12,14,16,21,26H,13,15H2,1-4H3,(H,32,38)(H,33,37)(H,34,35)/t21-,26-/m0/s1. The highest BCUT2D eigenvalue weighted by Crippen LogP contribution is 2.38. The fourth-order valence-corrected chi connectivity index (χ4v) is 5.15. The van der Waals surface area contributed by atoms with Crippen molar-refractivity contribution in [3.05, 3.63) is 83.2 Å². The van der Waals surface area contributed by atoms with E-state index in [2.05, 4.69) is 25.9 Å². The minimum absolute atomic E-state index is 0.0491. The molecule has 3 N–H and O–H groups in total. The first-order valence-corrected chi connectivity index (χ1v) is 12.9. The second kappa shape index (κ2) is 10.7. The zero-order valence-corrected chi connectivity index (χ0v) is 22.3. The summed E-state index contributed by atoms with van der Waals surface area (Å²) < 4.78 is 21.7. The highest BCUT2D eigenvalue weighted by molar-refractivity contribution is 6.01. The summed E-state index contributed by atoms with van der Waals surface area (Å²) in [7, 11) is 0. The monoisotopic (exact) mass is 530 g/mol. The van der Waals surface area contributed by atoms with Crippen LogP contribution in [0.3, 0.4) is 0 Å². The molecular formula is C29H31FN6O3. The molecule has 0 unspecified atom stereocenters. The van der Waals surface area contributed by atoms with Gasteiger partial charge in [-0.1, -0.05) is 24.3 Å².